The Labute approximate surface area is 147 Å². The molecule has 2 aromatic rings. The second-order valence-electron chi connectivity index (χ2n) is 4.91. The predicted octanol–water partition coefficient (Wildman–Crippen LogP) is -1.23. The van der Waals surface area contributed by atoms with Crippen molar-refractivity contribution >= 4 is 42.7 Å². The minimum absolute atomic E-state index is 0.103. The van der Waals surface area contributed by atoms with E-state index in [1.807, 2.05) is 0 Å². The number of hydrogen-bond acceptors (Lipinski definition) is 7. The third kappa shape index (κ3) is 6.47. The standard InChI is InChI=1S/C8H10AsNO5.C6H8BNO2/c1-6(11)10-8-5-3-2-4-7(8)9(12,13)15-14;1-5-2-3-8-4-6(5)7(9)10/h2-5,14H,1H3,(H,10,11)(H,12,13);2-4,9-10H,1H3. The van der Waals surface area contributed by atoms with Crippen LogP contribution in [0.2, 0.25) is 0 Å². The largest absolute Gasteiger partial charge is 0.490 e. The van der Waals surface area contributed by atoms with Gasteiger partial charge in [0.2, 0.25) is 0 Å². The second kappa shape index (κ2) is 9.52. The third-order valence-corrected chi connectivity index (χ3v) is 5.55. The smallest absolute Gasteiger partial charge is 0.423 e. The van der Waals surface area contributed by atoms with Crippen molar-refractivity contribution in [3.8, 4) is 0 Å². The van der Waals surface area contributed by atoms with E-state index in [2.05, 4.69) is 14.2 Å². The van der Waals surface area contributed by atoms with Gasteiger partial charge in [-0.15, -0.1) is 0 Å². The van der Waals surface area contributed by atoms with Gasteiger partial charge in [0.15, 0.2) is 0 Å². The van der Waals surface area contributed by atoms with Gasteiger partial charge in [-0.3, -0.25) is 4.98 Å². The van der Waals surface area contributed by atoms with Gasteiger partial charge in [-0.2, -0.15) is 0 Å². The molecule has 0 aliphatic rings. The van der Waals surface area contributed by atoms with Gasteiger partial charge in [0.25, 0.3) is 0 Å². The van der Waals surface area contributed by atoms with E-state index < -0.39 is 21.3 Å². The van der Waals surface area contributed by atoms with E-state index in [-0.39, 0.29) is 15.9 Å². The predicted molar refractivity (Wildman–Crippen MR) is 91.6 cm³/mol. The minimum atomic E-state index is -4.92. The first-order valence-corrected chi connectivity index (χ1v) is 10.3. The fraction of sp³-hybridized carbons (Fsp3) is 0.143. The number of aryl methyl sites for hydroxylation is 1. The molecule has 1 amide bonds. The molecule has 0 spiro atoms. The minimum Gasteiger partial charge on any atom is -0.423 e. The number of carbonyl (C=O) groups is 1. The van der Waals surface area contributed by atoms with Crippen molar-refractivity contribution in [1.82, 2.24) is 4.98 Å². The summed E-state index contributed by atoms with van der Waals surface area (Å²) in [5.74, 6) is -0.379. The van der Waals surface area contributed by atoms with Crippen molar-refractivity contribution in [2.24, 2.45) is 0 Å². The van der Waals surface area contributed by atoms with Gasteiger partial charge < -0.3 is 10.0 Å². The van der Waals surface area contributed by atoms with E-state index in [9.17, 15) is 12.6 Å². The van der Waals surface area contributed by atoms with Crippen LogP contribution in [0.5, 0.6) is 0 Å². The van der Waals surface area contributed by atoms with Crippen molar-refractivity contribution in [1.29, 1.82) is 0 Å². The summed E-state index contributed by atoms with van der Waals surface area (Å²) in [6.45, 7) is 3.07. The normalized spacial score (nSPS) is 12.4. The molecule has 0 aliphatic carbocycles. The first kappa shape index (κ1) is 21.1. The van der Waals surface area contributed by atoms with Gasteiger partial charge in [0.05, 0.1) is 0 Å². The number of rotatable bonds is 4. The molecule has 1 unspecified atom stereocenters. The number of nitrogens with zero attached hydrogens (tertiary/aromatic N) is 1. The quantitative estimate of drug-likeness (QED) is 0.238. The van der Waals surface area contributed by atoms with Gasteiger partial charge in [-0.1, -0.05) is 0 Å². The fourth-order valence-corrected chi connectivity index (χ4v) is 3.48. The Morgan fingerprint density at radius 3 is 2.40 bits per heavy atom. The van der Waals surface area contributed by atoms with Crippen molar-refractivity contribution in [2.45, 2.75) is 13.8 Å². The number of para-hydroxylation sites is 1. The Morgan fingerprint density at radius 1 is 1.28 bits per heavy atom. The summed E-state index contributed by atoms with van der Waals surface area (Å²) in [5.41, 5.74) is 1.46. The summed E-state index contributed by atoms with van der Waals surface area (Å²) in [5, 5.41) is 28.1. The van der Waals surface area contributed by atoms with Crippen LogP contribution in [0.3, 0.4) is 0 Å². The molecular formula is C14H18AsBN2O7. The molecule has 2 rings (SSSR count). The topological polar surface area (TPSA) is 149 Å². The maximum Gasteiger partial charge on any atom is 0.490 e. The van der Waals surface area contributed by atoms with E-state index in [0.717, 1.165) is 5.56 Å². The monoisotopic (exact) mass is 412 g/mol. The van der Waals surface area contributed by atoms with Gasteiger partial charge >= 0.3 is 95.5 Å². The maximum absolute atomic E-state index is 11.4. The third-order valence-electron chi connectivity index (χ3n) is 2.99. The number of pyridine rings is 1. The number of benzene rings is 1. The van der Waals surface area contributed by atoms with Crippen LogP contribution in [0.25, 0.3) is 0 Å². The van der Waals surface area contributed by atoms with Crippen LogP contribution in [0.4, 0.5) is 5.69 Å². The first-order chi connectivity index (χ1) is 11.7. The van der Waals surface area contributed by atoms with Crippen LogP contribution >= 0.6 is 0 Å². The van der Waals surface area contributed by atoms with Crippen LogP contribution < -0.4 is 15.1 Å². The van der Waals surface area contributed by atoms with Crippen molar-refractivity contribution in [2.75, 3.05) is 5.32 Å². The average molecular weight is 412 g/mol. The molecule has 1 atom stereocenters. The van der Waals surface area contributed by atoms with Crippen LogP contribution in [-0.2, 0) is 12.4 Å². The van der Waals surface area contributed by atoms with Gasteiger partial charge in [0.1, 0.15) is 0 Å². The Balaban J connectivity index is 0.000000271. The molecule has 0 saturated heterocycles. The Hall–Kier alpha value is -1.94. The number of carbonyl (C=O) groups excluding carboxylic acids is 1. The summed E-state index contributed by atoms with van der Waals surface area (Å²) in [6.07, 6.45) is 3.06. The number of nitrogens with one attached hydrogen (secondary N) is 1. The molecule has 1 heterocycles. The van der Waals surface area contributed by atoms with Gasteiger partial charge in [-0.05, 0) is 18.6 Å². The molecule has 25 heavy (non-hydrogen) atoms. The van der Waals surface area contributed by atoms with Crippen molar-refractivity contribution in [3.63, 3.8) is 0 Å². The summed E-state index contributed by atoms with van der Waals surface area (Å²) >= 11 is -4.92. The molecular weight excluding hydrogens is 394 g/mol. The first-order valence-electron chi connectivity index (χ1n) is 6.98. The van der Waals surface area contributed by atoms with E-state index in [0.29, 0.717) is 5.46 Å². The molecule has 0 bridgehead atoms. The number of amides is 1. The zero-order valence-electron chi connectivity index (χ0n) is 13.5. The van der Waals surface area contributed by atoms with Gasteiger partial charge in [-0.25, -0.2) is 0 Å². The summed E-state index contributed by atoms with van der Waals surface area (Å²) in [4.78, 5) is 14.5. The Morgan fingerprint density at radius 2 is 1.92 bits per heavy atom. The summed E-state index contributed by atoms with van der Waals surface area (Å²) in [6, 6.07) is 7.57. The zero-order valence-corrected chi connectivity index (χ0v) is 15.4. The van der Waals surface area contributed by atoms with Crippen LogP contribution in [0.15, 0.2) is 42.7 Å². The Kier molecular flexibility index (Phi) is 8.04. The number of anilines is 1. The summed E-state index contributed by atoms with van der Waals surface area (Å²) in [7, 11) is -1.41. The molecule has 1 aromatic carbocycles. The average Bonchev–Trinajstić information content (AvgIpc) is 2.55. The molecule has 0 fully saturated rings. The van der Waals surface area contributed by atoms with E-state index in [1.54, 1.807) is 25.3 Å². The number of aromatic nitrogens is 1. The fourth-order valence-electron chi connectivity index (χ4n) is 1.81. The molecule has 11 heteroatoms. The molecule has 0 radical (unpaired) electrons. The van der Waals surface area contributed by atoms with E-state index >= 15 is 0 Å². The van der Waals surface area contributed by atoms with Gasteiger partial charge in [0, 0.05) is 17.9 Å². The molecule has 9 nitrogen and oxygen atoms in total. The molecule has 5 N–H and O–H groups in total. The molecule has 134 valence electrons. The van der Waals surface area contributed by atoms with Crippen LogP contribution in [0.1, 0.15) is 12.5 Å². The van der Waals surface area contributed by atoms with E-state index in [1.165, 1.54) is 31.3 Å². The molecule has 1 aromatic heterocycles. The SMILES string of the molecule is CC(=O)Nc1ccccc1[As](=O)(O)OO.Cc1ccncc1B(O)O. The van der Waals surface area contributed by atoms with Crippen molar-refractivity contribution < 1.29 is 31.8 Å². The maximum atomic E-state index is 11.4. The zero-order chi connectivity index (χ0) is 19.0. The second-order valence-corrected chi connectivity index (χ2v) is 8.44. The van der Waals surface area contributed by atoms with Crippen molar-refractivity contribution in [3.05, 3.63) is 48.3 Å². The molecule has 0 saturated carbocycles. The van der Waals surface area contributed by atoms with Crippen LogP contribution in [-0.4, -0.2) is 51.6 Å². The van der Waals surface area contributed by atoms with E-state index in [4.69, 9.17) is 15.3 Å². The molecule has 0 aliphatic heterocycles. The number of hydrogen-bond donors (Lipinski definition) is 5. The summed E-state index contributed by atoms with van der Waals surface area (Å²) < 4.78 is 24.1. The Bertz CT molecular complexity index is 772. The van der Waals surface area contributed by atoms with Crippen LogP contribution in [0, 0.1) is 6.92 Å².